The van der Waals surface area contributed by atoms with Crippen molar-refractivity contribution in [3.63, 3.8) is 0 Å². The largest absolute Gasteiger partial charge is 0.377 e. The van der Waals surface area contributed by atoms with Crippen molar-refractivity contribution in [3.05, 3.63) is 18.0 Å². The standard InChI is InChI=1S/C17H24FN5O4/c18-2-4-22-10-13(8-21-22)16(25)20-9-14-11-27-6-5-23(14)17(26)12-1-3-19-15(24)7-12/h8,10,12,14H,1-7,9,11H2,(H,19,24)(H,20,25). The van der Waals surface area contributed by atoms with Crippen LogP contribution in [0.1, 0.15) is 23.2 Å². The first-order valence-corrected chi connectivity index (χ1v) is 9.10. The number of morpholine rings is 1. The third-order valence-corrected chi connectivity index (χ3v) is 4.81. The van der Waals surface area contributed by atoms with Crippen molar-refractivity contribution in [3.8, 4) is 0 Å². The molecule has 2 aliphatic rings. The van der Waals surface area contributed by atoms with Crippen LogP contribution in [0.5, 0.6) is 0 Å². The summed E-state index contributed by atoms with van der Waals surface area (Å²) in [4.78, 5) is 38.4. The van der Waals surface area contributed by atoms with Crippen molar-refractivity contribution in [2.75, 3.05) is 39.5 Å². The Labute approximate surface area is 156 Å². The van der Waals surface area contributed by atoms with Crippen LogP contribution in [0.25, 0.3) is 0 Å². The molecular formula is C17H24FN5O4. The molecule has 1 aromatic rings. The monoisotopic (exact) mass is 381 g/mol. The molecule has 2 aliphatic heterocycles. The highest BCUT2D eigenvalue weighted by atomic mass is 19.1. The molecule has 2 unspecified atom stereocenters. The summed E-state index contributed by atoms with van der Waals surface area (Å²) in [6, 6.07) is -0.291. The van der Waals surface area contributed by atoms with Gasteiger partial charge in [-0.05, 0) is 6.42 Å². The molecule has 2 atom stereocenters. The molecule has 2 fully saturated rings. The zero-order valence-corrected chi connectivity index (χ0v) is 15.0. The number of hydrogen-bond acceptors (Lipinski definition) is 5. The molecule has 0 spiro atoms. The van der Waals surface area contributed by atoms with Gasteiger partial charge in [0, 0.05) is 38.2 Å². The first-order valence-electron chi connectivity index (χ1n) is 9.10. The van der Waals surface area contributed by atoms with E-state index < -0.39 is 6.67 Å². The number of carbonyl (C=O) groups excluding carboxylic acids is 3. The Hall–Kier alpha value is -2.49. The number of halogens is 1. The van der Waals surface area contributed by atoms with Crippen molar-refractivity contribution in [2.45, 2.75) is 25.4 Å². The van der Waals surface area contributed by atoms with E-state index in [0.29, 0.717) is 38.3 Å². The van der Waals surface area contributed by atoms with Gasteiger partial charge in [-0.15, -0.1) is 0 Å². The van der Waals surface area contributed by atoms with Gasteiger partial charge in [0.05, 0.1) is 37.6 Å². The Kier molecular flexibility index (Phi) is 6.38. The molecule has 0 saturated carbocycles. The third-order valence-electron chi connectivity index (χ3n) is 4.81. The van der Waals surface area contributed by atoms with Crippen LogP contribution in [0.3, 0.4) is 0 Å². The summed E-state index contributed by atoms with van der Waals surface area (Å²) in [5, 5.41) is 9.43. The molecule has 3 heterocycles. The summed E-state index contributed by atoms with van der Waals surface area (Å²) >= 11 is 0. The summed E-state index contributed by atoms with van der Waals surface area (Å²) in [7, 11) is 0. The first-order chi connectivity index (χ1) is 13.1. The molecule has 9 nitrogen and oxygen atoms in total. The molecule has 2 saturated heterocycles. The number of aromatic nitrogens is 2. The third kappa shape index (κ3) is 4.82. The van der Waals surface area contributed by atoms with Crippen LogP contribution in [-0.4, -0.2) is 78.0 Å². The van der Waals surface area contributed by atoms with Gasteiger partial charge >= 0.3 is 0 Å². The van der Waals surface area contributed by atoms with Gasteiger partial charge in [-0.3, -0.25) is 19.1 Å². The van der Waals surface area contributed by atoms with E-state index in [9.17, 15) is 18.8 Å². The zero-order chi connectivity index (χ0) is 19.2. The fourth-order valence-electron chi connectivity index (χ4n) is 3.35. The van der Waals surface area contributed by atoms with E-state index in [1.165, 1.54) is 17.1 Å². The number of nitrogens with one attached hydrogen (secondary N) is 2. The molecule has 27 heavy (non-hydrogen) atoms. The number of rotatable bonds is 6. The lowest BCUT2D eigenvalue weighted by atomic mass is 9.95. The van der Waals surface area contributed by atoms with Crippen molar-refractivity contribution in [2.24, 2.45) is 5.92 Å². The van der Waals surface area contributed by atoms with Crippen molar-refractivity contribution in [1.29, 1.82) is 0 Å². The fraction of sp³-hybridized carbons (Fsp3) is 0.647. The topological polar surface area (TPSA) is 106 Å². The second-order valence-electron chi connectivity index (χ2n) is 6.69. The number of aryl methyl sites for hydroxylation is 1. The predicted molar refractivity (Wildman–Crippen MR) is 92.6 cm³/mol. The summed E-state index contributed by atoms with van der Waals surface area (Å²) in [6.45, 7) is 1.48. The molecule has 0 bridgehead atoms. The van der Waals surface area contributed by atoms with Crippen LogP contribution >= 0.6 is 0 Å². The van der Waals surface area contributed by atoms with Crippen LogP contribution in [0.15, 0.2) is 12.4 Å². The molecular weight excluding hydrogens is 357 g/mol. The van der Waals surface area contributed by atoms with Gasteiger partial charge in [-0.25, -0.2) is 4.39 Å². The maximum atomic E-state index is 12.8. The van der Waals surface area contributed by atoms with Crippen LogP contribution in [0.2, 0.25) is 0 Å². The molecule has 10 heteroatoms. The van der Waals surface area contributed by atoms with Gasteiger partial charge in [-0.2, -0.15) is 5.10 Å². The van der Waals surface area contributed by atoms with Gasteiger partial charge < -0.3 is 20.3 Å². The van der Waals surface area contributed by atoms with E-state index in [0.717, 1.165) is 0 Å². The van der Waals surface area contributed by atoms with Gasteiger partial charge in [0.25, 0.3) is 5.91 Å². The highest BCUT2D eigenvalue weighted by molar-refractivity contribution is 5.93. The average molecular weight is 381 g/mol. The minimum atomic E-state index is -0.557. The van der Waals surface area contributed by atoms with E-state index in [4.69, 9.17) is 4.74 Å². The van der Waals surface area contributed by atoms with Crippen molar-refractivity contribution >= 4 is 17.7 Å². The normalized spacial score (nSPS) is 23.0. The Morgan fingerprint density at radius 2 is 2.30 bits per heavy atom. The van der Waals surface area contributed by atoms with E-state index in [2.05, 4.69) is 15.7 Å². The number of carbonyl (C=O) groups is 3. The van der Waals surface area contributed by atoms with Gasteiger partial charge in [-0.1, -0.05) is 0 Å². The first kappa shape index (κ1) is 19.3. The minimum Gasteiger partial charge on any atom is -0.377 e. The van der Waals surface area contributed by atoms with Crippen LogP contribution < -0.4 is 10.6 Å². The maximum absolute atomic E-state index is 12.8. The SMILES string of the molecule is O=C1CC(C(=O)N2CCOCC2CNC(=O)c2cnn(CCF)c2)CCN1. The van der Waals surface area contributed by atoms with Crippen LogP contribution in [-0.2, 0) is 20.9 Å². The van der Waals surface area contributed by atoms with E-state index >= 15 is 0 Å². The number of nitrogens with zero attached hydrogens (tertiary/aromatic N) is 3. The molecule has 0 aromatic carbocycles. The molecule has 148 valence electrons. The van der Waals surface area contributed by atoms with Gasteiger partial charge in [0.1, 0.15) is 6.67 Å². The lowest BCUT2D eigenvalue weighted by molar-refractivity contribution is -0.147. The van der Waals surface area contributed by atoms with Crippen LogP contribution in [0.4, 0.5) is 4.39 Å². The van der Waals surface area contributed by atoms with Crippen LogP contribution in [0, 0.1) is 5.92 Å². The van der Waals surface area contributed by atoms with E-state index in [1.54, 1.807) is 4.90 Å². The molecule has 3 rings (SSSR count). The smallest absolute Gasteiger partial charge is 0.254 e. The lowest BCUT2D eigenvalue weighted by Gasteiger charge is -2.38. The van der Waals surface area contributed by atoms with Gasteiger partial charge in [0.2, 0.25) is 11.8 Å². The van der Waals surface area contributed by atoms with Crippen molar-refractivity contribution in [1.82, 2.24) is 25.3 Å². The Morgan fingerprint density at radius 1 is 1.44 bits per heavy atom. The summed E-state index contributed by atoms with van der Waals surface area (Å²) in [5.41, 5.74) is 0.335. The number of alkyl halides is 1. The summed E-state index contributed by atoms with van der Waals surface area (Å²) in [6.07, 6.45) is 3.68. The second-order valence-corrected chi connectivity index (χ2v) is 6.69. The number of ether oxygens (including phenoxy) is 1. The van der Waals surface area contributed by atoms with E-state index in [1.807, 2.05) is 0 Å². The summed E-state index contributed by atoms with van der Waals surface area (Å²) in [5.74, 6) is -0.838. The lowest BCUT2D eigenvalue weighted by Crippen LogP contribution is -2.56. The second kappa shape index (κ2) is 8.94. The molecule has 3 amide bonds. The highest BCUT2D eigenvalue weighted by Gasteiger charge is 2.34. The Morgan fingerprint density at radius 3 is 3.07 bits per heavy atom. The maximum Gasteiger partial charge on any atom is 0.254 e. The minimum absolute atomic E-state index is 0.0665. The molecule has 1 aromatic heterocycles. The average Bonchev–Trinajstić information content (AvgIpc) is 3.15. The summed E-state index contributed by atoms with van der Waals surface area (Å²) < 4.78 is 19.2. The zero-order valence-electron chi connectivity index (χ0n) is 15.0. The Bertz CT molecular complexity index is 695. The predicted octanol–water partition coefficient (Wildman–Crippen LogP) is -0.664. The highest BCUT2D eigenvalue weighted by Crippen LogP contribution is 2.19. The number of hydrogen-bond donors (Lipinski definition) is 2. The number of amides is 3. The molecule has 2 N–H and O–H groups in total. The van der Waals surface area contributed by atoms with Gasteiger partial charge in [0.15, 0.2) is 0 Å². The molecule has 0 aliphatic carbocycles. The quantitative estimate of drug-likeness (QED) is 0.680. The van der Waals surface area contributed by atoms with Crippen molar-refractivity contribution < 1.29 is 23.5 Å². The Balaban J connectivity index is 1.57. The number of piperidine rings is 1. The fourth-order valence-corrected chi connectivity index (χ4v) is 3.35. The molecule has 0 radical (unpaired) electrons. The van der Waals surface area contributed by atoms with E-state index in [-0.39, 0.29) is 49.2 Å².